The zero-order valence-corrected chi connectivity index (χ0v) is 11.0. The zero-order chi connectivity index (χ0) is 15.6. The van der Waals surface area contributed by atoms with Crippen molar-refractivity contribution in [3.8, 4) is 0 Å². The third kappa shape index (κ3) is 3.50. The SMILES string of the molecule is Cc1cncc(NC(=O)c2cc(C(F)(F)F)ccc2N)c1. The Morgan fingerprint density at radius 3 is 2.57 bits per heavy atom. The van der Waals surface area contributed by atoms with Crippen LogP contribution in [0.25, 0.3) is 0 Å². The van der Waals surface area contributed by atoms with E-state index in [1.54, 1.807) is 19.2 Å². The molecule has 21 heavy (non-hydrogen) atoms. The highest BCUT2D eigenvalue weighted by Crippen LogP contribution is 2.31. The van der Waals surface area contributed by atoms with Crippen molar-refractivity contribution in [3.05, 3.63) is 53.3 Å². The molecule has 0 fully saturated rings. The zero-order valence-electron chi connectivity index (χ0n) is 11.0. The van der Waals surface area contributed by atoms with E-state index in [4.69, 9.17) is 5.73 Å². The van der Waals surface area contributed by atoms with E-state index in [9.17, 15) is 18.0 Å². The number of aryl methyl sites for hydroxylation is 1. The Balaban J connectivity index is 2.31. The number of carbonyl (C=O) groups excluding carboxylic acids is 1. The molecule has 2 aromatic rings. The number of hydrogen-bond acceptors (Lipinski definition) is 3. The smallest absolute Gasteiger partial charge is 0.398 e. The summed E-state index contributed by atoms with van der Waals surface area (Å²) in [5.74, 6) is -0.717. The van der Waals surface area contributed by atoms with Crippen LogP contribution in [-0.2, 0) is 6.18 Å². The molecule has 7 heteroatoms. The molecule has 3 N–H and O–H groups in total. The van der Waals surface area contributed by atoms with Crippen LogP contribution in [0.2, 0.25) is 0 Å². The average molecular weight is 295 g/mol. The van der Waals surface area contributed by atoms with Gasteiger partial charge in [-0.3, -0.25) is 9.78 Å². The maximum atomic E-state index is 12.7. The highest BCUT2D eigenvalue weighted by Gasteiger charge is 2.31. The number of carbonyl (C=O) groups is 1. The average Bonchev–Trinajstić information content (AvgIpc) is 2.37. The number of anilines is 2. The fraction of sp³-hybridized carbons (Fsp3) is 0.143. The standard InChI is InChI=1S/C14H12F3N3O/c1-8-4-10(7-19-6-8)20-13(21)11-5-9(14(15,16)17)2-3-12(11)18/h2-7H,18H2,1H3,(H,20,21). The second-order valence-corrected chi connectivity index (χ2v) is 4.50. The van der Waals surface area contributed by atoms with Crippen LogP contribution in [0.1, 0.15) is 21.5 Å². The van der Waals surface area contributed by atoms with Gasteiger partial charge in [0.15, 0.2) is 0 Å². The summed E-state index contributed by atoms with van der Waals surface area (Å²) in [6.07, 6.45) is -1.55. The van der Waals surface area contributed by atoms with Gasteiger partial charge in [-0.2, -0.15) is 13.2 Å². The van der Waals surface area contributed by atoms with Gasteiger partial charge in [-0.1, -0.05) is 0 Å². The summed E-state index contributed by atoms with van der Waals surface area (Å²) in [6.45, 7) is 1.78. The van der Waals surface area contributed by atoms with E-state index in [0.717, 1.165) is 23.8 Å². The first-order valence-electron chi connectivity index (χ1n) is 5.97. The summed E-state index contributed by atoms with van der Waals surface area (Å²) in [5, 5.41) is 2.47. The van der Waals surface area contributed by atoms with E-state index >= 15 is 0 Å². The molecule has 1 aromatic carbocycles. The molecule has 110 valence electrons. The van der Waals surface area contributed by atoms with Gasteiger partial charge in [0.1, 0.15) is 0 Å². The number of nitrogen functional groups attached to an aromatic ring is 1. The van der Waals surface area contributed by atoms with Crippen LogP contribution >= 0.6 is 0 Å². The molecule has 0 unspecified atom stereocenters. The molecular formula is C14H12F3N3O. The van der Waals surface area contributed by atoms with Gasteiger partial charge in [-0.25, -0.2) is 0 Å². The molecule has 0 saturated heterocycles. The lowest BCUT2D eigenvalue weighted by molar-refractivity contribution is -0.137. The minimum atomic E-state index is -4.53. The van der Waals surface area contributed by atoms with E-state index in [0.29, 0.717) is 5.69 Å². The summed E-state index contributed by atoms with van der Waals surface area (Å²) >= 11 is 0. The number of aromatic nitrogens is 1. The molecular weight excluding hydrogens is 283 g/mol. The van der Waals surface area contributed by atoms with Crippen LogP contribution in [-0.4, -0.2) is 10.9 Å². The molecule has 0 spiro atoms. The summed E-state index contributed by atoms with van der Waals surface area (Å²) in [6, 6.07) is 4.27. The molecule has 0 aliphatic rings. The first kappa shape index (κ1) is 14.8. The molecule has 4 nitrogen and oxygen atoms in total. The van der Waals surface area contributed by atoms with Gasteiger partial charge in [-0.15, -0.1) is 0 Å². The molecule has 1 aromatic heterocycles. The highest BCUT2D eigenvalue weighted by molar-refractivity contribution is 6.07. The third-order valence-electron chi connectivity index (χ3n) is 2.76. The van der Waals surface area contributed by atoms with Crippen molar-refractivity contribution >= 4 is 17.3 Å². The Bertz CT molecular complexity index is 683. The number of rotatable bonds is 2. The molecule has 0 aliphatic carbocycles. The van der Waals surface area contributed by atoms with Gasteiger partial charge in [0.05, 0.1) is 23.0 Å². The van der Waals surface area contributed by atoms with Crippen LogP contribution in [0.5, 0.6) is 0 Å². The summed E-state index contributed by atoms with van der Waals surface area (Å²) in [4.78, 5) is 15.9. The summed E-state index contributed by atoms with van der Waals surface area (Å²) in [5.41, 5.74) is 5.59. The lowest BCUT2D eigenvalue weighted by Gasteiger charge is -2.11. The lowest BCUT2D eigenvalue weighted by atomic mass is 10.1. The highest BCUT2D eigenvalue weighted by atomic mass is 19.4. The third-order valence-corrected chi connectivity index (χ3v) is 2.76. The predicted octanol–water partition coefficient (Wildman–Crippen LogP) is 3.24. The Labute approximate surface area is 118 Å². The number of hydrogen-bond donors (Lipinski definition) is 2. The monoisotopic (exact) mass is 295 g/mol. The van der Waals surface area contributed by atoms with Gasteiger partial charge in [0.25, 0.3) is 5.91 Å². The number of nitrogens with two attached hydrogens (primary N) is 1. The molecule has 0 atom stereocenters. The molecule has 1 heterocycles. The summed E-state index contributed by atoms with van der Waals surface area (Å²) in [7, 11) is 0. The fourth-order valence-electron chi connectivity index (χ4n) is 1.75. The Morgan fingerprint density at radius 1 is 1.24 bits per heavy atom. The second kappa shape index (κ2) is 5.43. The molecule has 0 aliphatic heterocycles. The maximum absolute atomic E-state index is 12.7. The van der Waals surface area contributed by atoms with E-state index in [-0.39, 0.29) is 11.3 Å². The maximum Gasteiger partial charge on any atom is 0.416 e. The van der Waals surface area contributed by atoms with Crippen molar-refractivity contribution in [3.63, 3.8) is 0 Å². The Morgan fingerprint density at radius 2 is 1.95 bits per heavy atom. The number of alkyl halides is 3. The minimum absolute atomic E-state index is 0.0267. The first-order chi connectivity index (χ1) is 9.77. The van der Waals surface area contributed by atoms with Crippen molar-refractivity contribution in [2.24, 2.45) is 0 Å². The molecule has 0 radical (unpaired) electrons. The quantitative estimate of drug-likeness (QED) is 0.836. The molecule has 0 bridgehead atoms. The minimum Gasteiger partial charge on any atom is -0.398 e. The fourth-order valence-corrected chi connectivity index (χ4v) is 1.75. The van der Waals surface area contributed by atoms with Gasteiger partial charge in [0, 0.05) is 11.9 Å². The van der Waals surface area contributed by atoms with Gasteiger partial charge >= 0.3 is 6.18 Å². The van der Waals surface area contributed by atoms with Crippen LogP contribution in [0.4, 0.5) is 24.5 Å². The number of benzene rings is 1. The van der Waals surface area contributed by atoms with Crippen LogP contribution in [0.3, 0.4) is 0 Å². The largest absolute Gasteiger partial charge is 0.416 e. The van der Waals surface area contributed by atoms with E-state index in [1.807, 2.05) is 0 Å². The van der Waals surface area contributed by atoms with Crippen LogP contribution in [0.15, 0.2) is 36.7 Å². The topological polar surface area (TPSA) is 68.0 Å². The molecule has 2 rings (SSSR count). The number of nitrogens with zero attached hydrogens (tertiary/aromatic N) is 1. The number of halogens is 3. The first-order valence-corrected chi connectivity index (χ1v) is 5.97. The van der Waals surface area contributed by atoms with Crippen molar-refractivity contribution in [1.82, 2.24) is 4.98 Å². The van der Waals surface area contributed by atoms with Gasteiger partial charge in [0.2, 0.25) is 0 Å². The van der Waals surface area contributed by atoms with E-state index in [2.05, 4.69) is 10.3 Å². The molecule has 0 saturated carbocycles. The predicted molar refractivity (Wildman–Crippen MR) is 72.8 cm³/mol. The van der Waals surface area contributed by atoms with Gasteiger partial charge in [-0.05, 0) is 36.8 Å². The van der Waals surface area contributed by atoms with Gasteiger partial charge < -0.3 is 11.1 Å². The van der Waals surface area contributed by atoms with Crippen LogP contribution < -0.4 is 11.1 Å². The number of amides is 1. The number of pyridine rings is 1. The van der Waals surface area contributed by atoms with Crippen molar-refractivity contribution in [2.75, 3.05) is 11.1 Å². The van der Waals surface area contributed by atoms with Crippen molar-refractivity contribution in [1.29, 1.82) is 0 Å². The Hall–Kier alpha value is -2.57. The molecule has 1 amide bonds. The van der Waals surface area contributed by atoms with Crippen molar-refractivity contribution < 1.29 is 18.0 Å². The van der Waals surface area contributed by atoms with E-state index < -0.39 is 17.6 Å². The Kier molecular flexibility index (Phi) is 3.84. The normalized spacial score (nSPS) is 11.2. The van der Waals surface area contributed by atoms with E-state index in [1.165, 1.54) is 6.20 Å². The number of nitrogens with one attached hydrogen (secondary N) is 1. The van der Waals surface area contributed by atoms with Crippen molar-refractivity contribution in [2.45, 2.75) is 13.1 Å². The summed E-state index contributed by atoms with van der Waals surface area (Å²) < 4.78 is 38.0. The van der Waals surface area contributed by atoms with Crippen LogP contribution in [0, 0.1) is 6.92 Å². The lowest BCUT2D eigenvalue weighted by Crippen LogP contribution is -2.16. The second-order valence-electron chi connectivity index (χ2n) is 4.50.